The Bertz CT molecular complexity index is 595. The van der Waals surface area contributed by atoms with E-state index in [9.17, 15) is 9.90 Å². The Morgan fingerprint density at radius 3 is 2.40 bits per heavy atom. The molecule has 20 heavy (non-hydrogen) atoms. The van der Waals surface area contributed by atoms with Crippen molar-refractivity contribution < 1.29 is 14.3 Å². The van der Waals surface area contributed by atoms with Gasteiger partial charge in [0, 0.05) is 4.47 Å². The summed E-state index contributed by atoms with van der Waals surface area (Å²) in [6.07, 6.45) is -0.787. The number of hydrogen-bond donors (Lipinski definition) is 2. The molecule has 0 fully saturated rings. The van der Waals surface area contributed by atoms with Gasteiger partial charge < -0.3 is 14.8 Å². The Morgan fingerprint density at radius 1 is 1.20 bits per heavy atom. The topological polar surface area (TPSA) is 62.5 Å². The molecule has 2 rings (SSSR count). The lowest BCUT2D eigenvalue weighted by Gasteiger charge is -2.20. The quantitative estimate of drug-likeness (QED) is 0.820. The molecular formula is C14H13Br2NO3. The molecule has 0 aliphatic heterocycles. The average Bonchev–Trinajstić information content (AvgIpc) is 2.85. The minimum absolute atomic E-state index is 0.201. The van der Waals surface area contributed by atoms with Crippen molar-refractivity contribution in [3.8, 4) is 0 Å². The minimum atomic E-state index is -0.787. The Balaban J connectivity index is 2.02. The van der Waals surface area contributed by atoms with Crippen LogP contribution in [0, 0.1) is 0 Å². The lowest BCUT2D eigenvalue weighted by Crippen LogP contribution is -2.36. The monoisotopic (exact) mass is 401 g/mol. The van der Waals surface area contributed by atoms with Crippen LogP contribution >= 0.6 is 31.9 Å². The Kier molecular flexibility index (Phi) is 5.01. The van der Waals surface area contributed by atoms with Gasteiger partial charge in [-0.2, -0.15) is 0 Å². The first-order valence-electron chi connectivity index (χ1n) is 5.97. The highest BCUT2D eigenvalue weighted by Crippen LogP contribution is 2.20. The van der Waals surface area contributed by atoms with Crippen molar-refractivity contribution >= 4 is 37.8 Å². The number of rotatable bonds is 4. The van der Waals surface area contributed by atoms with E-state index in [1.165, 1.54) is 0 Å². The minimum Gasteiger partial charge on any atom is -0.444 e. The highest BCUT2D eigenvalue weighted by molar-refractivity contribution is 9.10. The molecule has 6 heteroatoms. The third kappa shape index (κ3) is 3.71. The number of benzene rings is 1. The molecule has 106 valence electrons. The first kappa shape index (κ1) is 15.3. The van der Waals surface area contributed by atoms with E-state index in [1.807, 2.05) is 12.1 Å². The van der Waals surface area contributed by atoms with E-state index in [-0.39, 0.29) is 11.7 Å². The molecule has 1 heterocycles. The summed E-state index contributed by atoms with van der Waals surface area (Å²) in [4.78, 5) is 11.9. The molecule has 1 amide bonds. The van der Waals surface area contributed by atoms with Crippen LogP contribution in [0.15, 0.2) is 50.0 Å². The summed E-state index contributed by atoms with van der Waals surface area (Å²) < 4.78 is 6.59. The van der Waals surface area contributed by atoms with Crippen molar-refractivity contribution in [2.45, 2.75) is 19.1 Å². The van der Waals surface area contributed by atoms with E-state index >= 15 is 0 Å². The third-order valence-electron chi connectivity index (χ3n) is 2.84. The van der Waals surface area contributed by atoms with Gasteiger partial charge in [0.15, 0.2) is 10.4 Å². The van der Waals surface area contributed by atoms with Crippen LogP contribution in [0.2, 0.25) is 0 Å². The second-order valence-electron chi connectivity index (χ2n) is 4.36. The third-order valence-corrected chi connectivity index (χ3v) is 3.80. The zero-order valence-electron chi connectivity index (χ0n) is 10.6. The molecule has 4 nitrogen and oxygen atoms in total. The number of carbonyl (C=O) groups is 1. The van der Waals surface area contributed by atoms with Gasteiger partial charge in [-0.05, 0) is 52.7 Å². The van der Waals surface area contributed by atoms with E-state index in [1.54, 1.807) is 31.2 Å². The highest BCUT2D eigenvalue weighted by atomic mass is 79.9. The van der Waals surface area contributed by atoms with Crippen LogP contribution in [0.5, 0.6) is 0 Å². The Labute approximate surface area is 133 Å². The largest absolute Gasteiger partial charge is 0.444 e. The van der Waals surface area contributed by atoms with Gasteiger partial charge >= 0.3 is 0 Å². The maximum atomic E-state index is 11.9. The fourth-order valence-corrected chi connectivity index (χ4v) is 2.31. The van der Waals surface area contributed by atoms with Gasteiger partial charge in [-0.1, -0.05) is 28.1 Å². The van der Waals surface area contributed by atoms with E-state index in [2.05, 4.69) is 37.2 Å². The fraction of sp³-hybridized carbons (Fsp3) is 0.214. The molecule has 0 bridgehead atoms. The van der Waals surface area contributed by atoms with Gasteiger partial charge in [0.05, 0.1) is 12.1 Å². The number of furan rings is 1. The van der Waals surface area contributed by atoms with Gasteiger partial charge in [-0.3, -0.25) is 4.79 Å². The maximum absolute atomic E-state index is 11.9. The Morgan fingerprint density at radius 2 is 1.85 bits per heavy atom. The predicted molar refractivity (Wildman–Crippen MR) is 82.4 cm³/mol. The lowest BCUT2D eigenvalue weighted by atomic mass is 10.0. The zero-order chi connectivity index (χ0) is 14.7. The summed E-state index contributed by atoms with van der Waals surface area (Å²) in [5.41, 5.74) is 0.738. The van der Waals surface area contributed by atoms with Crippen molar-refractivity contribution in [2.24, 2.45) is 0 Å². The summed E-state index contributed by atoms with van der Waals surface area (Å²) in [5, 5.41) is 12.9. The van der Waals surface area contributed by atoms with Crippen LogP contribution in [0.3, 0.4) is 0 Å². The van der Waals surface area contributed by atoms with Crippen LogP contribution in [0.1, 0.15) is 29.1 Å². The van der Waals surface area contributed by atoms with Crippen LogP contribution in [0.25, 0.3) is 0 Å². The van der Waals surface area contributed by atoms with E-state index in [0.717, 1.165) is 10.0 Å². The van der Waals surface area contributed by atoms with Crippen LogP contribution in [-0.4, -0.2) is 17.1 Å². The fourth-order valence-electron chi connectivity index (χ4n) is 1.74. The highest BCUT2D eigenvalue weighted by Gasteiger charge is 2.20. The van der Waals surface area contributed by atoms with Crippen molar-refractivity contribution in [1.82, 2.24) is 5.32 Å². The molecular weight excluding hydrogens is 390 g/mol. The number of carbonyl (C=O) groups excluding carboxylic acids is 1. The molecule has 0 radical (unpaired) electrons. The molecule has 1 aromatic carbocycles. The normalized spacial score (nSPS) is 13.8. The van der Waals surface area contributed by atoms with Crippen LogP contribution in [-0.2, 0) is 0 Å². The van der Waals surface area contributed by atoms with Crippen molar-refractivity contribution in [3.63, 3.8) is 0 Å². The van der Waals surface area contributed by atoms with Gasteiger partial charge in [-0.25, -0.2) is 0 Å². The molecule has 0 spiro atoms. The van der Waals surface area contributed by atoms with Crippen LogP contribution < -0.4 is 5.32 Å². The number of nitrogens with one attached hydrogen (secondary N) is 1. The SMILES string of the molecule is C[C@H](NC(=O)c1ccc(Br)o1)[C@H](O)c1ccc(Br)cc1. The van der Waals surface area contributed by atoms with Gasteiger partial charge in [-0.15, -0.1) is 0 Å². The molecule has 1 aromatic heterocycles. The molecule has 0 aliphatic rings. The first-order valence-corrected chi connectivity index (χ1v) is 7.55. The summed E-state index contributed by atoms with van der Waals surface area (Å²) in [6.45, 7) is 1.74. The molecule has 0 saturated heterocycles. The number of amides is 1. The van der Waals surface area contributed by atoms with Crippen molar-refractivity contribution in [3.05, 3.63) is 56.9 Å². The molecule has 0 unspecified atom stereocenters. The second kappa shape index (κ2) is 6.56. The smallest absolute Gasteiger partial charge is 0.287 e. The number of aliphatic hydroxyl groups is 1. The molecule has 0 saturated carbocycles. The van der Waals surface area contributed by atoms with Gasteiger partial charge in [0.25, 0.3) is 5.91 Å². The molecule has 2 aromatic rings. The van der Waals surface area contributed by atoms with E-state index < -0.39 is 12.1 Å². The number of halogens is 2. The predicted octanol–water partition coefficient (Wildman–Crippen LogP) is 3.66. The summed E-state index contributed by atoms with van der Waals surface area (Å²) in [6, 6.07) is 10.1. The lowest BCUT2D eigenvalue weighted by molar-refractivity contribution is 0.0825. The maximum Gasteiger partial charge on any atom is 0.287 e. The van der Waals surface area contributed by atoms with Crippen molar-refractivity contribution in [1.29, 1.82) is 0 Å². The number of hydrogen-bond acceptors (Lipinski definition) is 3. The van der Waals surface area contributed by atoms with Gasteiger partial charge in [0.1, 0.15) is 0 Å². The standard InChI is InChI=1S/C14H13Br2NO3/c1-8(13(18)9-2-4-10(15)5-3-9)17-14(19)11-6-7-12(16)20-11/h2-8,13,18H,1H3,(H,17,19)/t8-,13-/m0/s1. The van der Waals surface area contributed by atoms with E-state index in [4.69, 9.17) is 4.42 Å². The van der Waals surface area contributed by atoms with Gasteiger partial charge in [0.2, 0.25) is 0 Å². The summed E-state index contributed by atoms with van der Waals surface area (Å²) in [7, 11) is 0. The number of aliphatic hydroxyl groups excluding tert-OH is 1. The Hall–Kier alpha value is -1.11. The van der Waals surface area contributed by atoms with E-state index in [0.29, 0.717) is 4.67 Å². The molecule has 2 N–H and O–H groups in total. The molecule has 2 atom stereocenters. The summed E-state index contributed by atoms with van der Waals surface area (Å²) in [5.74, 6) is -0.161. The van der Waals surface area contributed by atoms with Crippen molar-refractivity contribution in [2.75, 3.05) is 0 Å². The second-order valence-corrected chi connectivity index (χ2v) is 6.06. The first-order chi connectivity index (χ1) is 9.47. The zero-order valence-corrected chi connectivity index (χ0v) is 13.8. The average molecular weight is 403 g/mol. The summed E-state index contributed by atoms with van der Waals surface area (Å²) >= 11 is 6.48. The van der Waals surface area contributed by atoms with Crippen LogP contribution in [0.4, 0.5) is 0 Å². The molecule has 0 aliphatic carbocycles.